The maximum absolute atomic E-state index is 13.7. The van der Waals surface area contributed by atoms with Gasteiger partial charge < -0.3 is 25.3 Å². The summed E-state index contributed by atoms with van der Waals surface area (Å²) in [6.45, 7) is 6.71. The predicted molar refractivity (Wildman–Crippen MR) is 154 cm³/mol. The molecular formula is C30H40N6O2. The van der Waals surface area contributed by atoms with Crippen LogP contribution in [0.25, 0.3) is 0 Å². The summed E-state index contributed by atoms with van der Waals surface area (Å²) < 4.78 is 0. The SMILES string of the molecule is CCCN1C(=O)C(NC(=O)Nc2ccc(N3CCN(C)CC3)cc2)N=C(C2CCCCC2)c2ccccc21. The van der Waals surface area contributed by atoms with Crippen LogP contribution in [0.2, 0.25) is 0 Å². The van der Waals surface area contributed by atoms with Crippen LogP contribution in [-0.4, -0.2) is 68.5 Å². The Morgan fingerprint density at radius 1 is 0.974 bits per heavy atom. The largest absolute Gasteiger partial charge is 0.369 e. The number of nitrogens with zero attached hydrogens (tertiary/aromatic N) is 4. The lowest BCUT2D eigenvalue weighted by molar-refractivity contribution is -0.120. The van der Waals surface area contributed by atoms with Gasteiger partial charge in [0.1, 0.15) is 0 Å². The van der Waals surface area contributed by atoms with E-state index in [1.165, 1.54) is 19.3 Å². The monoisotopic (exact) mass is 516 g/mol. The molecule has 1 aliphatic carbocycles. The van der Waals surface area contributed by atoms with Gasteiger partial charge in [-0.1, -0.05) is 44.4 Å². The van der Waals surface area contributed by atoms with Crippen LogP contribution in [0.1, 0.15) is 51.0 Å². The van der Waals surface area contributed by atoms with Crippen molar-refractivity contribution in [2.45, 2.75) is 51.6 Å². The molecule has 1 saturated heterocycles. The van der Waals surface area contributed by atoms with Crippen molar-refractivity contribution in [1.82, 2.24) is 10.2 Å². The molecule has 2 fully saturated rings. The Bertz CT molecular complexity index is 1150. The molecule has 2 aromatic rings. The highest BCUT2D eigenvalue weighted by molar-refractivity contribution is 6.14. The van der Waals surface area contributed by atoms with E-state index in [4.69, 9.17) is 4.99 Å². The van der Waals surface area contributed by atoms with Gasteiger partial charge in [0.25, 0.3) is 5.91 Å². The van der Waals surface area contributed by atoms with Crippen molar-refractivity contribution >= 4 is 34.7 Å². The van der Waals surface area contributed by atoms with Gasteiger partial charge in [0.2, 0.25) is 6.17 Å². The molecule has 8 heteroatoms. The highest BCUT2D eigenvalue weighted by atomic mass is 16.2. The summed E-state index contributed by atoms with van der Waals surface area (Å²) in [6.07, 6.45) is 5.56. The highest BCUT2D eigenvalue weighted by Gasteiger charge is 2.34. The van der Waals surface area contributed by atoms with Gasteiger partial charge in [0, 0.05) is 55.6 Å². The van der Waals surface area contributed by atoms with E-state index in [0.717, 1.165) is 68.1 Å². The van der Waals surface area contributed by atoms with E-state index in [1.807, 2.05) is 42.5 Å². The average molecular weight is 517 g/mol. The molecule has 3 amide bonds. The van der Waals surface area contributed by atoms with Crippen LogP contribution < -0.4 is 20.4 Å². The Balaban J connectivity index is 1.34. The molecule has 0 spiro atoms. The van der Waals surface area contributed by atoms with Gasteiger partial charge in [-0.05, 0) is 56.6 Å². The number of anilines is 3. The molecule has 38 heavy (non-hydrogen) atoms. The van der Waals surface area contributed by atoms with Crippen LogP contribution in [0, 0.1) is 5.92 Å². The van der Waals surface area contributed by atoms with Crippen molar-refractivity contribution in [3.63, 3.8) is 0 Å². The normalized spacial score (nSPS) is 20.9. The lowest BCUT2D eigenvalue weighted by atomic mass is 9.83. The van der Waals surface area contributed by atoms with Crippen molar-refractivity contribution in [3.8, 4) is 0 Å². The number of likely N-dealkylation sites (N-methyl/N-ethyl adjacent to an activating group) is 1. The van der Waals surface area contributed by atoms with Crippen molar-refractivity contribution in [3.05, 3.63) is 54.1 Å². The van der Waals surface area contributed by atoms with Crippen LogP contribution >= 0.6 is 0 Å². The molecular weight excluding hydrogens is 476 g/mol. The number of hydrogen-bond acceptors (Lipinski definition) is 5. The standard InChI is InChI=1S/C30H40N6O2/c1-3-17-36-26-12-8-7-11-25(26)27(22-9-5-4-6-10-22)32-28(29(36)37)33-30(38)31-23-13-15-24(16-14-23)35-20-18-34(2)19-21-35/h7-8,11-16,22,28H,3-6,9-10,17-21H2,1-2H3,(H2,31,33,38). The number of benzene rings is 2. The second kappa shape index (κ2) is 12.0. The molecule has 2 heterocycles. The minimum absolute atomic E-state index is 0.189. The quantitative estimate of drug-likeness (QED) is 0.583. The number of nitrogens with one attached hydrogen (secondary N) is 2. The first-order valence-corrected chi connectivity index (χ1v) is 14.1. The summed E-state index contributed by atoms with van der Waals surface area (Å²) in [6, 6.07) is 15.5. The number of hydrogen-bond donors (Lipinski definition) is 2. The van der Waals surface area contributed by atoms with E-state index < -0.39 is 12.2 Å². The van der Waals surface area contributed by atoms with E-state index in [2.05, 4.69) is 40.5 Å². The predicted octanol–water partition coefficient (Wildman–Crippen LogP) is 4.71. The van der Waals surface area contributed by atoms with Gasteiger partial charge >= 0.3 is 6.03 Å². The molecule has 1 atom stereocenters. The second-order valence-electron chi connectivity index (χ2n) is 10.7. The third-order valence-electron chi connectivity index (χ3n) is 7.94. The molecule has 8 nitrogen and oxygen atoms in total. The number of para-hydroxylation sites is 1. The van der Waals surface area contributed by atoms with Crippen molar-refractivity contribution in [2.24, 2.45) is 10.9 Å². The number of urea groups is 1. The third-order valence-corrected chi connectivity index (χ3v) is 7.94. The maximum atomic E-state index is 13.7. The minimum Gasteiger partial charge on any atom is -0.369 e. The number of piperazine rings is 1. The van der Waals surface area contributed by atoms with Crippen LogP contribution in [0.5, 0.6) is 0 Å². The molecule has 0 radical (unpaired) electrons. The van der Waals surface area contributed by atoms with E-state index in [1.54, 1.807) is 4.90 Å². The van der Waals surface area contributed by atoms with Gasteiger partial charge in [0.05, 0.1) is 11.4 Å². The lowest BCUT2D eigenvalue weighted by Crippen LogP contribution is -2.49. The topological polar surface area (TPSA) is 80.3 Å². The first-order valence-electron chi connectivity index (χ1n) is 14.1. The minimum atomic E-state index is -0.963. The summed E-state index contributed by atoms with van der Waals surface area (Å²) in [5.41, 5.74) is 4.71. The fourth-order valence-corrected chi connectivity index (χ4v) is 5.82. The molecule has 1 unspecified atom stereocenters. The molecule has 2 aromatic carbocycles. The first kappa shape index (κ1) is 26.2. The number of fused-ring (bicyclic) bond motifs is 1. The van der Waals surface area contributed by atoms with Crippen molar-refractivity contribution < 1.29 is 9.59 Å². The summed E-state index contributed by atoms with van der Waals surface area (Å²) in [7, 11) is 2.14. The molecule has 5 rings (SSSR count). The number of benzodiazepines with no additional fused rings is 1. The molecule has 2 N–H and O–H groups in total. The van der Waals surface area contributed by atoms with Crippen molar-refractivity contribution in [1.29, 1.82) is 0 Å². The molecule has 202 valence electrons. The van der Waals surface area contributed by atoms with E-state index in [-0.39, 0.29) is 5.91 Å². The second-order valence-corrected chi connectivity index (χ2v) is 10.7. The number of rotatable bonds is 6. The maximum Gasteiger partial charge on any atom is 0.321 e. The zero-order valence-corrected chi connectivity index (χ0v) is 22.7. The fourth-order valence-electron chi connectivity index (χ4n) is 5.82. The number of carbonyl (C=O) groups excluding carboxylic acids is 2. The first-order chi connectivity index (χ1) is 18.5. The average Bonchev–Trinajstić information content (AvgIpc) is 3.05. The van der Waals surface area contributed by atoms with E-state index >= 15 is 0 Å². The number of amides is 3. The van der Waals surface area contributed by atoms with Crippen LogP contribution in [0.4, 0.5) is 21.9 Å². The third kappa shape index (κ3) is 5.85. The van der Waals surface area contributed by atoms with E-state index in [9.17, 15) is 9.59 Å². The number of aliphatic imine (C=N–C) groups is 1. The van der Waals surface area contributed by atoms with Gasteiger partial charge in [-0.2, -0.15) is 0 Å². The van der Waals surface area contributed by atoms with E-state index in [0.29, 0.717) is 18.2 Å². The Labute approximate surface area is 226 Å². The summed E-state index contributed by atoms with van der Waals surface area (Å²) >= 11 is 0. The molecule has 0 aromatic heterocycles. The molecule has 1 saturated carbocycles. The van der Waals surface area contributed by atoms with Gasteiger partial charge in [-0.25, -0.2) is 4.79 Å². The van der Waals surface area contributed by atoms with Gasteiger partial charge in [0.15, 0.2) is 0 Å². The summed E-state index contributed by atoms with van der Waals surface area (Å²) in [5.74, 6) is 0.111. The van der Waals surface area contributed by atoms with Gasteiger partial charge in [-0.15, -0.1) is 0 Å². The van der Waals surface area contributed by atoms with Crippen molar-refractivity contribution in [2.75, 3.05) is 54.9 Å². The molecule has 2 aliphatic heterocycles. The lowest BCUT2D eigenvalue weighted by Gasteiger charge is -2.34. The zero-order chi connectivity index (χ0) is 26.5. The molecule has 0 bridgehead atoms. The van der Waals surface area contributed by atoms with Crippen LogP contribution in [-0.2, 0) is 4.79 Å². The number of carbonyl (C=O) groups is 2. The summed E-state index contributed by atoms with van der Waals surface area (Å²) in [5, 5.41) is 5.80. The van der Waals surface area contributed by atoms with Crippen LogP contribution in [0.15, 0.2) is 53.5 Å². The smallest absolute Gasteiger partial charge is 0.321 e. The Morgan fingerprint density at radius 3 is 2.39 bits per heavy atom. The van der Waals surface area contributed by atoms with Gasteiger partial charge in [-0.3, -0.25) is 9.79 Å². The van der Waals surface area contributed by atoms with Crippen LogP contribution in [0.3, 0.4) is 0 Å². The zero-order valence-electron chi connectivity index (χ0n) is 22.7. The molecule has 3 aliphatic rings. The Kier molecular flexibility index (Phi) is 8.27. The Hall–Kier alpha value is -3.39. The Morgan fingerprint density at radius 2 is 1.68 bits per heavy atom. The summed E-state index contributed by atoms with van der Waals surface area (Å²) in [4.78, 5) is 38.3. The fraction of sp³-hybridized carbons (Fsp3) is 0.500. The highest BCUT2D eigenvalue weighted by Crippen LogP contribution is 2.34.